The first-order valence-electron chi connectivity index (χ1n) is 8.90. The number of aryl methyl sites for hydroxylation is 2. The molecule has 0 amide bonds. The molecule has 21 heavy (non-hydrogen) atoms. The molecule has 1 saturated heterocycles. The normalized spacial score (nSPS) is 26.8. The highest BCUT2D eigenvalue weighted by Gasteiger charge is 2.22. The average Bonchev–Trinajstić information content (AvgIpc) is 2.91. The number of aromatic nitrogens is 1. The van der Waals surface area contributed by atoms with Crippen LogP contribution in [0.15, 0.2) is 12.4 Å². The summed E-state index contributed by atoms with van der Waals surface area (Å²) in [7, 11) is 2.30. The number of likely N-dealkylation sites (tertiary alicyclic amines) is 1. The summed E-state index contributed by atoms with van der Waals surface area (Å²) in [6.07, 6.45) is 14.2. The Morgan fingerprint density at radius 2 is 2.10 bits per heavy atom. The van der Waals surface area contributed by atoms with Crippen molar-refractivity contribution in [3.05, 3.63) is 23.5 Å². The molecule has 1 aliphatic carbocycles. The van der Waals surface area contributed by atoms with Gasteiger partial charge in [-0.1, -0.05) is 13.3 Å². The van der Waals surface area contributed by atoms with Crippen LogP contribution in [0, 0.1) is 0 Å². The van der Waals surface area contributed by atoms with E-state index in [-0.39, 0.29) is 0 Å². The Balaban J connectivity index is 1.61. The van der Waals surface area contributed by atoms with Gasteiger partial charge < -0.3 is 14.8 Å². The Bertz CT molecular complexity index is 451. The molecular formula is C18H31N3. The van der Waals surface area contributed by atoms with Gasteiger partial charge in [-0.3, -0.25) is 0 Å². The molecule has 2 heterocycles. The molecule has 0 saturated carbocycles. The lowest BCUT2D eigenvalue weighted by Crippen LogP contribution is -2.36. The monoisotopic (exact) mass is 289 g/mol. The van der Waals surface area contributed by atoms with Gasteiger partial charge in [-0.15, -0.1) is 0 Å². The fraction of sp³-hybridized carbons (Fsp3) is 0.778. The molecule has 1 aromatic rings. The van der Waals surface area contributed by atoms with Gasteiger partial charge in [0.25, 0.3) is 0 Å². The van der Waals surface area contributed by atoms with Crippen molar-refractivity contribution in [2.24, 2.45) is 0 Å². The van der Waals surface area contributed by atoms with Gasteiger partial charge in [0, 0.05) is 31.0 Å². The molecule has 3 nitrogen and oxygen atoms in total. The molecule has 2 aliphatic rings. The van der Waals surface area contributed by atoms with E-state index in [2.05, 4.69) is 41.1 Å². The number of hydrogen-bond donors (Lipinski definition) is 1. The number of fused-ring (bicyclic) bond motifs is 1. The summed E-state index contributed by atoms with van der Waals surface area (Å²) in [5.74, 6) is 0. The maximum Gasteiger partial charge on any atom is 0.0338 e. The fourth-order valence-electron chi connectivity index (χ4n) is 4.14. The first-order valence-corrected chi connectivity index (χ1v) is 8.90. The smallest absolute Gasteiger partial charge is 0.0338 e. The summed E-state index contributed by atoms with van der Waals surface area (Å²) in [4.78, 5) is 2.56. The van der Waals surface area contributed by atoms with E-state index in [1.54, 1.807) is 11.1 Å². The number of nitrogens with zero attached hydrogens (tertiary/aromatic N) is 2. The predicted octanol–water partition coefficient (Wildman–Crippen LogP) is 3.35. The van der Waals surface area contributed by atoms with Gasteiger partial charge in [0.2, 0.25) is 0 Å². The van der Waals surface area contributed by atoms with Crippen LogP contribution in [-0.2, 0) is 13.0 Å². The lowest BCUT2D eigenvalue weighted by molar-refractivity contribution is 0.171. The van der Waals surface area contributed by atoms with E-state index in [1.165, 1.54) is 58.0 Å². The molecule has 2 unspecified atom stereocenters. The van der Waals surface area contributed by atoms with Crippen LogP contribution < -0.4 is 5.32 Å². The molecule has 1 aliphatic heterocycles. The number of piperidine rings is 1. The van der Waals surface area contributed by atoms with Gasteiger partial charge >= 0.3 is 0 Å². The maximum atomic E-state index is 3.64. The maximum absolute atomic E-state index is 3.64. The van der Waals surface area contributed by atoms with Crippen molar-refractivity contribution in [1.29, 1.82) is 0 Å². The first-order chi connectivity index (χ1) is 10.3. The molecule has 0 aromatic carbocycles. The molecule has 1 N–H and O–H groups in total. The predicted molar refractivity (Wildman–Crippen MR) is 88.7 cm³/mol. The van der Waals surface area contributed by atoms with Crippen molar-refractivity contribution in [1.82, 2.24) is 14.8 Å². The largest absolute Gasteiger partial charge is 0.354 e. The Morgan fingerprint density at radius 1 is 1.19 bits per heavy atom. The van der Waals surface area contributed by atoms with Crippen molar-refractivity contribution in [2.45, 2.75) is 70.5 Å². The van der Waals surface area contributed by atoms with Gasteiger partial charge in [0.05, 0.1) is 0 Å². The summed E-state index contributed by atoms with van der Waals surface area (Å²) in [5.41, 5.74) is 3.16. The Hall–Kier alpha value is -0.800. The average molecular weight is 289 g/mol. The number of rotatable bonds is 5. The first kappa shape index (κ1) is 15.1. The number of nitrogens with one attached hydrogen (secondary N) is 1. The van der Waals surface area contributed by atoms with Crippen LogP contribution in [0.5, 0.6) is 0 Å². The molecule has 1 fully saturated rings. The van der Waals surface area contributed by atoms with Crippen LogP contribution >= 0.6 is 0 Å². The van der Waals surface area contributed by atoms with Crippen LogP contribution in [-0.4, -0.2) is 35.6 Å². The van der Waals surface area contributed by atoms with Crippen molar-refractivity contribution in [3.8, 4) is 0 Å². The molecule has 1 aromatic heterocycles. The molecule has 3 rings (SSSR count). The minimum absolute atomic E-state index is 0.595. The van der Waals surface area contributed by atoms with Crippen LogP contribution in [0.1, 0.15) is 62.6 Å². The summed E-state index contributed by atoms with van der Waals surface area (Å²) >= 11 is 0. The highest BCUT2D eigenvalue weighted by Crippen LogP contribution is 2.30. The second-order valence-electron chi connectivity index (χ2n) is 6.90. The third-order valence-electron chi connectivity index (χ3n) is 5.40. The van der Waals surface area contributed by atoms with E-state index in [9.17, 15) is 0 Å². The van der Waals surface area contributed by atoms with E-state index in [0.717, 1.165) is 12.6 Å². The van der Waals surface area contributed by atoms with Gasteiger partial charge in [-0.05, 0) is 69.8 Å². The highest BCUT2D eigenvalue weighted by molar-refractivity contribution is 5.30. The fourth-order valence-corrected chi connectivity index (χ4v) is 4.14. The van der Waals surface area contributed by atoms with Crippen molar-refractivity contribution < 1.29 is 0 Å². The Labute approximate surface area is 129 Å². The summed E-state index contributed by atoms with van der Waals surface area (Å²) in [5, 5.41) is 3.64. The second-order valence-corrected chi connectivity index (χ2v) is 6.90. The lowest BCUT2D eigenvalue weighted by atomic mass is 9.91. The third kappa shape index (κ3) is 3.51. The molecule has 0 spiro atoms. The van der Waals surface area contributed by atoms with Gasteiger partial charge in [-0.25, -0.2) is 0 Å². The summed E-state index contributed by atoms with van der Waals surface area (Å²) in [6.45, 7) is 5.75. The quantitative estimate of drug-likeness (QED) is 0.897. The lowest BCUT2D eigenvalue weighted by Gasteiger charge is -2.32. The molecule has 0 radical (unpaired) electrons. The second kappa shape index (κ2) is 6.97. The minimum atomic E-state index is 0.595. The Morgan fingerprint density at radius 3 is 2.90 bits per heavy atom. The number of hydrogen-bond acceptors (Lipinski definition) is 2. The molecule has 118 valence electrons. The van der Waals surface area contributed by atoms with E-state index in [0.29, 0.717) is 6.04 Å². The van der Waals surface area contributed by atoms with E-state index < -0.39 is 0 Å². The van der Waals surface area contributed by atoms with Crippen LogP contribution in [0.3, 0.4) is 0 Å². The van der Waals surface area contributed by atoms with Crippen molar-refractivity contribution in [2.75, 3.05) is 20.1 Å². The Kier molecular flexibility index (Phi) is 5.02. The van der Waals surface area contributed by atoms with Crippen LogP contribution in [0.2, 0.25) is 0 Å². The summed E-state index contributed by atoms with van der Waals surface area (Å²) in [6, 6.07) is 1.39. The van der Waals surface area contributed by atoms with E-state index in [4.69, 9.17) is 0 Å². The topological polar surface area (TPSA) is 20.2 Å². The van der Waals surface area contributed by atoms with E-state index in [1.807, 2.05) is 0 Å². The molecule has 2 atom stereocenters. The SMILES string of the molecule is CCNC1CCCc2cn(CCC3CCCCN3C)cc21. The standard InChI is InChI=1S/C18H31N3/c1-3-19-18-9-6-7-15-13-21(14-17(15)18)12-10-16-8-4-5-11-20(16)2/h13-14,16,18-19H,3-12H2,1-2H3. The zero-order valence-electron chi connectivity index (χ0n) is 13.8. The molecule has 0 bridgehead atoms. The van der Waals surface area contributed by atoms with Crippen molar-refractivity contribution in [3.63, 3.8) is 0 Å². The highest BCUT2D eigenvalue weighted by atomic mass is 15.1. The minimum Gasteiger partial charge on any atom is -0.354 e. The zero-order chi connectivity index (χ0) is 14.7. The van der Waals surface area contributed by atoms with Gasteiger partial charge in [0.15, 0.2) is 0 Å². The van der Waals surface area contributed by atoms with Crippen LogP contribution in [0.4, 0.5) is 0 Å². The summed E-state index contributed by atoms with van der Waals surface area (Å²) < 4.78 is 2.46. The van der Waals surface area contributed by atoms with Gasteiger partial charge in [-0.2, -0.15) is 0 Å². The zero-order valence-corrected chi connectivity index (χ0v) is 13.8. The van der Waals surface area contributed by atoms with Crippen molar-refractivity contribution >= 4 is 0 Å². The van der Waals surface area contributed by atoms with Crippen LogP contribution in [0.25, 0.3) is 0 Å². The third-order valence-corrected chi connectivity index (χ3v) is 5.40. The molecular weight excluding hydrogens is 258 g/mol. The van der Waals surface area contributed by atoms with E-state index >= 15 is 0 Å². The van der Waals surface area contributed by atoms with Gasteiger partial charge in [0.1, 0.15) is 0 Å². The molecule has 3 heteroatoms.